The van der Waals surface area contributed by atoms with Gasteiger partial charge in [-0.25, -0.2) is 4.39 Å². The molecule has 0 saturated heterocycles. The smallest absolute Gasteiger partial charge is 0.165 e. The van der Waals surface area contributed by atoms with E-state index in [4.69, 9.17) is 10.5 Å². The fraction of sp³-hybridized carbons (Fsp3) is 0.214. The molecule has 0 atom stereocenters. The van der Waals surface area contributed by atoms with Crippen LogP contribution in [0.3, 0.4) is 0 Å². The number of aromatic nitrogens is 1. The molecule has 0 aliphatic rings. The fourth-order valence-corrected chi connectivity index (χ4v) is 1.62. The quantitative estimate of drug-likeness (QED) is 0.880. The summed E-state index contributed by atoms with van der Waals surface area (Å²) in [7, 11) is 0. The van der Waals surface area contributed by atoms with E-state index in [0.717, 1.165) is 11.1 Å². The Kier molecular flexibility index (Phi) is 4.25. The number of hydrogen-bond acceptors (Lipinski definition) is 3. The minimum absolute atomic E-state index is 0.257. The van der Waals surface area contributed by atoms with E-state index < -0.39 is 0 Å². The van der Waals surface area contributed by atoms with E-state index in [9.17, 15) is 4.39 Å². The molecule has 0 radical (unpaired) electrons. The van der Waals surface area contributed by atoms with Crippen molar-refractivity contribution >= 4 is 0 Å². The first-order valence-corrected chi connectivity index (χ1v) is 5.80. The Balaban J connectivity index is 2.01. The summed E-state index contributed by atoms with van der Waals surface area (Å²) in [6.07, 6.45) is 4.03. The zero-order valence-electron chi connectivity index (χ0n) is 9.97. The Morgan fingerprint density at radius 1 is 1.11 bits per heavy atom. The van der Waals surface area contributed by atoms with Crippen molar-refractivity contribution in [1.29, 1.82) is 0 Å². The molecule has 1 aromatic carbocycles. The molecule has 2 aromatic rings. The van der Waals surface area contributed by atoms with Crippen LogP contribution in [0.4, 0.5) is 4.39 Å². The predicted octanol–water partition coefficient (Wildman–Crippen LogP) is 2.30. The van der Waals surface area contributed by atoms with E-state index in [1.165, 1.54) is 6.07 Å². The predicted molar refractivity (Wildman–Crippen MR) is 67.7 cm³/mol. The van der Waals surface area contributed by atoms with Gasteiger partial charge >= 0.3 is 0 Å². The molecule has 18 heavy (non-hydrogen) atoms. The van der Waals surface area contributed by atoms with Crippen LogP contribution < -0.4 is 10.5 Å². The number of halogens is 1. The summed E-state index contributed by atoms with van der Waals surface area (Å²) in [5.74, 6) is -0.0948. The molecular formula is C14H15FN2O. The van der Waals surface area contributed by atoms with Gasteiger partial charge in [0.15, 0.2) is 11.6 Å². The molecule has 1 heterocycles. The molecule has 1 aromatic heterocycles. The summed E-state index contributed by atoms with van der Waals surface area (Å²) in [5, 5.41) is 0. The zero-order valence-corrected chi connectivity index (χ0v) is 9.97. The molecule has 2 rings (SSSR count). The van der Waals surface area contributed by atoms with Crippen molar-refractivity contribution in [2.75, 3.05) is 6.54 Å². The average molecular weight is 246 g/mol. The number of hydrogen-bond donors (Lipinski definition) is 1. The Bertz CT molecular complexity index is 502. The lowest BCUT2D eigenvalue weighted by Crippen LogP contribution is -2.03. The molecule has 0 aliphatic heterocycles. The van der Waals surface area contributed by atoms with E-state index >= 15 is 0 Å². The van der Waals surface area contributed by atoms with Crippen LogP contribution in [0.2, 0.25) is 0 Å². The fourth-order valence-electron chi connectivity index (χ4n) is 1.62. The third-order valence-corrected chi connectivity index (χ3v) is 2.57. The number of nitrogens with two attached hydrogens (primary N) is 1. The molecular weight excluding hydrogens is 231 g/mol. The molecule has 94 valence electrons. The van der Waals surface area contributed by atoms with Crippen LogP contribution in [-0.4, -0.2) is 11.5 Å². The molecule has 0 bridgehead atoms. The SMILES string of the molecule is NCCc1ccc(OCc2ccncc2)c(F)c1. The van der Waals surface area contributed by atoms with Gasteiger partial charge in [0.2, 0.25) is 0 Å². The number of rotatable bonds is 5. The van der Waals surface area contributed by atoms with E-state index in [2.05, 4.69) is 4.98 Å². The maximum atomic E-state index is 13.7. The Morgan fingerprint density at radius 2 is 1.89 bits per heavy atom. The van der Waals surface area contributed by atoms with Crippen LogP contribution in [0.25, 0.3) is 0 Å². The van der Waals surface area contributed by atoms with Gasteiger partial charge in [-0.05, 0) is 48.4 Å². The van der Waals surface area contributed by atoms with Crippen LogP contribution in [0.5, 0.6) is 5.75 Å². The average Bonchev–Trinajstić information content (AvgIpc) is 2.39. The van der Waals surface area contributed by atoms with Crippen molar-refractivity contribution in [3.8, 4) is 5.75 Å². The monoisotopic (exact) mass is 246 g/mol. The molecule has 0 saturated carbocycles. The minimum Gasteiger partial charge on any atom is -0.486 e. The highest BCUT2D eigenvalue weighted by Crippen LogP contribution is 2.19. The van der Waals surface area contributed by atoms with Crippen molar-refractivity contribution in [3.63, 3.8) is 0 Å². The van der Waals surface area contributed by atoms with Gasteiger partial charge in [-0.2, -0.15) is 0 Å². The van der Waals surface area contributed by atoms with Crippen LogP contribution in [-0.2, 0) is 13.0 Å². The largest absolute Gasteiger partial charge is 0.486 e. The van der Waals surface area contributed by atoms with Gasteiger partial charge < -0.3 is 10.5 Å². The lowest BCUT2D eigenvalue weighted by molar-refractivity contribution is 0.290. The van der Waals surface area contributed by atoms with Gasteiger partial charge in [-0.1, -0.05) is 6.07 Å². The number of benzene rings is 1. The first-order chi connectivity index (χ1) is 8.79. The van der Waals surface area contributed by atoms with Gasteiger partial charge in [0.1, 0.15) is 6.61 Å². The number of pyridine rings is 1. The van der Waals surface area contributed by atoms with Gasteiger partial charge in [0, 0.05) is 12.4 Å². The molecule has 0 spiro atoms. The second-order valence-corrected chi connectivity index (χ2v) is 3.95. The second-order valence-electron chi connectivity index (χ2n) is 3.95. The number of nitrogens with zero attached hydrogens (tertiary/aromatic N) is 1. The van der Waals surface area contributed by atoms with E-state index in [-0.39, 0.29) is 11.6 Å². The third kappa shape index (κ3) is 3.28. The highest BCUT2D eigenvalue weighted by Gasteiger charge is 2.04. The summed E-state index contributed by atoms with van der Waals surface area (Å²) < 4.78 is 19.1. The lowest BCUT2D eigenvalue weighted by atomic mass is 10.1. The molecule has 0 unspecified atom stereocenters. The highest BCUT2D eigenvalue weighted by molar-refractivity contribution is 5.29. The van der Waals surface area contributed by atoms with Gasteiger partial charge in [0.05, 0.1) is 0 Å². The van der Waals surface area contributed by atoms with E-state index in [1.54, 1.807) is 18.5 Å². The molecule has 4 heteroatoms. The van der Waals surface area contributed by atoms with Crippen LogP contribution >= 0.6 is 0 Å². The van der Waals surface area contributed by atoms with Crippen molar-refractivity contribution in [2.45, 2.75) is 13.0 Å². The summed E-state index contributed by atoms with van der Waals surface area (Å²) >= 11 is 0. The van der Waals surface area contributed by atoms with E-state index in [1.807, 2.05) is 18.2 Å². The normalized spacial score (nSPS) is 10.3. The van der Waals surface area contributed by atoms with Crippen molar-refractivity contribution in [1.82, 2.24) is 4.98 Å². The zero-order chi connectivity index (χ0) is 12.8. The van der Waals surface area contributed by atoms with E-state index in [0.29, 0.717) is 19.6 Å². The minimum atomic E-state index is -0.352. The molecule has 3 nitrogen and oxygen atoms in total. The van der Waals surface area contributed by atoms with Crippen molar-refractivity contribution in [3.05, 3.63) is 59.7 Å². The highest BCUT2D eigenvalue weighted by atomic mass is 19.1. The molecule has 0 fully saturated rings. The molecule has 2 N–H and O–H groups in total. The second kappa shape index (κ2) is 6.12. The number of ether oxygens (including phenoxy) is 1. The summed E-state index contributed by atoms with van der Waals surface area (Å²) in [6.45, 7) is 0.840. The van der Waals surface area contributed by atoms with Gasteiger partial charge in [-0.3, -0.25) is 4.98 Å². The Hall–Kier alpha value is -1.94. The summed E-state index contributed by atoms with van der Waals surface area (Å²) in [4.78, 5) is 3.91. The summed E-state index contributed by atoms with van der Waals surface area (Å²) in [5.41, 5.74) is 7.26. The molecule has 0 amide bonds. The summed E-state index contributed by atoms with van der Waals surface area (Å²) in [6, 6.07) is 8.61. The van der Waals surface area contributed by atoms with Gasteiger partial charge in [-0.15, -0.1) is 0 Å². The maximum absolute atomic E-state index is 13.7. The molecule has 0 aliphatic carbocycles. The van der Waals surface area contributed by atoms with Crippen LogP contribution in [0.1, 0.15) is 11.1 Å². The lowest BCUT2D eigenvalue weighted by Gasteiger charge is -2.08. The van der Waals surface area contributed by atoms with Crippen LogP contribution in [0.15, 0.2) is 42.7 Å². The standard InChI is InChI=1S/C14H15FN2O/c15-13-9-11(3-6-16)1-2-14(13)18-10-12-4-7-17-8-5-12/h1-2,4-5,7-9H,3,6,10,16H2. The Labute approximate surface area is 105 Å². The first-order valence-electron chi connectivity index (χ1n) is 5.80. The maximum Gasteiger partial charge on any atom is 0.165 e. The van der Waals surface area contributed by atoms with Crippen LogP contribution in [0, 0.1) is 5.82 Å². The van der Waals surface area contributed by atoms with Crippen molar-refractivity contribution < 1.29 is 9.13 Å². The Morgan fingerprint density at radius 3 is 2.56 bits per heavy atom. The third-order valence-electron chi connectivity index (χ3n) is 2.57. The van der Waals surface area contributed by atoms with Crippen molar-refractivity contribution in [2.24, 2.45) is 5.73 Å². The van der Waals surface area contributed by atoms with Gasteiger partial charge in [0.25, 0.3) is 0 Å². The first kappa shape index (κ1) is 12.5. The topological polar surface area (TPSA) is 48.1 Å².